The average Bonchev–Trinajstić information content (AvgIpc) is 2.29. The summed E-state index contributed by atoms with van der Waals surface area (Å²) in [7, 11) is 0. The molecule has 2 N–H and O–H groups in total. The SMILES string of the molecule is CCOC(=O)CC(Oc1ccccc1)C(N)=O. The summed E-state index contributed by atoms with van der Waals surface area (Å²) in [5.41, 5.74) is 5.16. The van der Waals surface area contributed by atoms with E-state index < -0.39 is 18.0 Å². The summed E-state index contributed by atoms with van der Waals surface area (Å²) in [6, 6.07) is 8.70. The number of esters is 1. The van der Waals surface area contributed by atoms with Crippen LogP contribution in [-0.4, -0.2) is 24.6 Å². The Balaban J connectivity index is 2.61. The van der Waals surface area contributed by atoms with Crippen LogP contribution >= 0.6 is 0 Å². The van der Waals surface area contributed by atoms with Crippen LogP contribution in [0.1, 0.15) is 13.3 Å². The van der Waals surface area contributed by atoms with Crippen LogP contribution in [0.4, 0.5) is 0 Å². The Morgan fingerprint density at radius 1 is 1.29 bits per heavy atom. The summed E-state index contributed by atoms with van der Waals surface area (Å²) >= 11 is 0. The highest BCUT2D eigenvalue weighted by molar-refractivity contribution is 5.84. The lowest BCUT2D eigenvalue weighted by Crippen LogP contribution is -2.36. The molecule has 1 amide bonds. The quantitative estimate of drug-likeness (QED) is 0.745. The minimum Gasteiger partial charge on any atom is -0.480 e. The number of nitrogens with two attached hydrogens (primary N) is 1. The van der Waals surface area contributed by atoms with Crippen molar-refractivity contribution in [3.63, 3.8) is 0 Å². The van der Waals surface area contributed by atoms with E-state index in [9.17, 15) is 9.59 Å². The summed E-state index contributed by atoms with van der Waals surface area (Å²) < 4.78 is 10.1. The van der Waals surface area contributed by atoms with Gasteiger partial charge >= 0.3 is 5.97 Å². The van der Waals surface area contributed by atoms with E-state index in [4.69, 9.17) is 15.2 Å². The molecule has 0 aliphatic carbocycles. The number of rotatable bonds is 6. The number of ether oxygens (including phenoxy) is 2. The van der Waals surface area contributed by atoms with Gasteiger partial charge in [0.2, 0.25) is 0 Å². The molecule has 0 heterocycles. The maximum Gasteiger partial charge on any atom is 0.310 e. The third-order valence-corrected chi connectivity index (χ3v) is 2.00. The van der Waals surface area contributed by atoms with Gasteiger partial charge in [0.25, 0.3) is 5.91 Å². The van der Waals surface area contributed by atoms with Crippen LogP contribution in [0.2, 0.25) is 0 Å². The highest BCUT2D eigenvalue weighted by Gasteiger charge is 2.22. The zero-order chi connectivity index (χ0) is 12.7. The fraction of sp³-hybridized carbons (Fsp3) is 0.333. The number of hydrogen-bond donors (Lipinski definition) is 1. The standard InChI is InChI=1S/C12H15NO4/c1-2-16-11(14)8-10(12(13)15)17-9-6-4-3-5-7-9/h3-7,10H,2,8H2,1H3,(H2,13,15). The first-order valence-electron chi connectivity index (χ1n) is 5.30. The summed E-state index contributed by atoms with van der Waals surface area (Å²) in [6.07, 6.45) is -1.19. The zero-order valence-corrected chi connectivity index (χ0v) is 9.59. The van der Waals surface area contributed by atoms with E-state index in [0.717, 1.165) is 0 Å². The third kappa shape index (κ3) is 4.55. The molecule has 5 nitrogen and oxygen atoms in total. The van der Waals surface area contributed by atoms with Crippen molar-refractivity contribution >= 4 is 11.9 Å². The van der Waals surface area contributed by atoms with Crippen LogP contribution in [0.15, 0.2) is 30.3 Å². The van der Waals surface area contributed by atoms with Crippen LogP contribution in [0, 0.1) is 0 Å². The van der Waals surface area contributed by atoms with Crippen molar-refractivity contribution in [2.45, 2.75) is 19.4 Å². The molecule has 1 rings (SSSR count). The number of carbonyl (C=O) groups is 2. The second-order valence-corrected chi connectivity index (χ2v) is 3.33. The molecule has 0 radical (unpaired) electrons. The van der Waals surface area contributed by atoms with Crippen molar-refractivity contribution in [1.82, 2.24) is 0 Å². The monoisotopic (exact) mass is 237 g/mol. The zero-order valence-electron chi connectivity index (χ0n) is 9.59. The summed E-state index contributed by atoms with van der Waals surface area (Å²) in [6.45, 7) is 1.95. The number of primary amides is 1. The molecule has 1 atom stereocenters. The van der Waals surface area contributed by atoms with E-state index in [2.05, 4.69) is 0 Å². The van der Waals surface area contributed by atoms with Crippen LogP contribution in [0.25, 0.3) is 0 Å². The van der Waals surface area contributed by atoms with E-state index in [1.807, 2.05) is 6.07 Å². The van der Waals surface area contributed by atoms with Crippen molar-refractivity contribution in [2.24, 2.45) is 5.73 Å². The molecule has 0 aromatic heterocycles. The third-order valence-electron chi connectivity index (χ3n) is 2.00. The van der Waals surface area contributed by atoms with E-state index in [-0.39, 0.29) is 13.0 Å². The lowest BCUT2D eigenvalue weighted by Gasteiger charge is -2.15. The Morgan fingerprint density at radius 3 is 2.47 bits per heavy atom. The van der Waals surface area contributed by atoms with E-state index >= 15 is 0 Å². The molecule has 0 aliphatic rings. The van der Waals surface area contributed by atoms with Crippen LogP contribution < -0.4 is 10.5 Å². The molecule has 0 fully saturated rings. The molecular weight excluding hydrogens is 222 g/mol. The van der Waals surface area contributed by atoms with Crippen LogP contribution in [0.5, 0.6) is 5.75 Å². The van der Waals surface area contributed by atoms with Gasteiger partial charge in [-0.2, -0.15) is 0 Å². The molecule has 0 aliphatic heterocycles. The minimum atomic E-state index is -1.00. The lowest BCUT2D eigenvalue weighted by molar-refractivity contribution is -0.147. The first-order chi connectivity index (χ1) is 8.13. The first-order valence-corrected chi connectivity index (χ1v) is 5.30. The normalized spacial score (nSPS) is 11.6. The Hall–Kier alpha value is -2.04. The largest absolute Gasteiger partial charge is 0.480 e. The van der Waals surface area contributed by atoms with Gasteiger partial charge < -0.3 is 15.2 Å². The number of amides is 1. The van der Waals surface area contributed by atoms with Gasteiger partial charge in [0.15, 0.2) is 6.10 Å². The summed E-state index contributed by atoms with van der Waals surface area (Å²) in [5.74, 6) is -0.713. The minimum absolute atomic E-state index is 0.182. The lowest BCUT2D eigenvalue weighted by atomic mass is 10.2. The molecule has 1 aromatic rings. The van der Waals surface area contributed by atoms with Crippen molar-refractivity contribution in [1.29, 1.82) is 0 Å². The van der Waals surface area contributed by atoms with Gasteiger partial charge in [0, 0.05) is 0 Å². The average molecular weight is 237 g/mol. The topological polar surface area (TPSA) is 78.6 Å². The van der Waals surface area contributed by atoms with Crippen molar-refractivity contribution < 1.29 is 19.1 Å². The van der Waals surface area contributed by atoms with Crippen molar-refractivity contribution in [2.75, 3.05) is 6.61 Å². The molecule has 1 aromatic carbocycles. The molecule has 17 heavy (non-hydrogen) atoms. The molecule has 5 heteroatoms. The predicted octanol–water partition coefficient (Wildman–Crippen LogP) is 0.872. The van der Waals surface area contributed by atoms with Gasteiger partial charge in [-0.25, -0.2) is 0 Å². The van der Waals surface area contributed by atoms with Crippen molar-refractivity contribution in [3.05, 3.63) is 30.3 Å². The van der Waals surface area contributed by atoms with E-state index in [1.165, 1.54) is 0 Å². The smallest absolute Gasteiger partial charge is 0.310 e. The van der Waals surface area contributed by atoms with E-state index in [0.29, 0.717) is 5.75 Å². The first kappa shape index (κ1) is 13.0. The number of benzene rings is 1. The molecule has 0 saturated heterocycles. The summed E-state index contributed by atoms with van der Waals surface area (Å²) in [5, 5.41) is 0. The van der Waals surface area contributed by atoms with Gasteiger partial charge in [0.05, 0.1) is 13.0 Å². The predicted molar refractivity (Wildman–Crippen MR) is 61.3 cm³/mol. The Bertz CT molecular complexity index is 377. The van der Waals surface area contributed by atoms with Gasteiger partial charge in [-0.15, -0.1) is 0 Å². The van der Waals surface area contributed by atoms with E-state index in [1.54, 1.807) is 31.2 Å². The molecule has 1 unspecified atom stereocenters. The van der Waals surface area contributed by atoms with Crippen molar-refractivity contribution in [3.8, 4) is 5.75 Å². The highest BCUT2D eigenvalue weighted by Crippen LogP contribution is 2.12. The number of para-hydroxylation sites is 1. The molecular formula is C12H15NO4. The van der Waals surface area contributed by atoms with Crippen LogP contribution in [0.3, 0.4) is 0 Å². The van der Waals surface area contributed by atoms with Crippen LogP contribution in [-0.2, 0) is 14.3 Å². The molecule has 0 spiro atoms. The fourth-order valence-corrected chi connectivity index (χ4v) is 1.23. The second-order valence-electron chi connectivity index (χ2n) is 3.33. The Labute approximate surface area is 99.5 Å². The number of carbonyl (C=O) groups excluding carboxylic acids is 2. The second kappa shape index (κ2) is 6.52. The van der Waals surface area contributed by atoms with Gasteiger partial charge in [-0.1, -0.05) is 18.2 Å². The number of hydrogen-bond acceptors (Lipinski definition) is 4. The molecule has 92 valence electrons. The van der Waals surface area contributed by atoms with Gasteiger partial charge in [-0.3, -0.25) is 9.59 Å². The maximum atomic E-state index is 11.2. The highest BCUT2D eigenvalue weighted by atomic mass is 16.5. The fourth-order valence-electron chi connectivity index (χ4n) is 1.23. The molecule has 0 bridgehead atoms. The molecule has 0 saturated carbocycles. The van der Waals surface area contributed by atoms with Gasteiger partial charge in [-0.05, 0) is 19.1 Å². The Kier molecular flexibility index (Phi) is 5.00. The Morgan fingerprint density at radius 2 is 1.94 bits per heavy atom. The maximum absolute atomic E-state index is 11.2. The summed E-state index contributed by atoms with van der Waals surface area (Å²) in [4.78, 5) is 22.4. The van der Waals surface area contributed by atoms with Gasteiger partial charge in [0.1, 0.15) is 5.75 Å².